The lowest BCUT2D eigenvalue weighted by atomic mass is 9.94. The van der Waals surface area contributed by atoms with Crippen molar-refractivity contribution in [2.24, 2.45) is 5.92 Å². The molecule has 2 aliphatic heterocycles. The predicted molar refractivity (Wildman–Crippen MR) is 98.5 cm³/mol. The van der Waals surface area contributed by atoms with Crippen LogP contribution in [0.25, 0.3) is 0 Å². The highest BCUT2D eigenvalue weighted by Crippen LogP contribution is 2.26. The SMILES string of the molecule is CSc1ccccc1C(=O)N1CCC[C@H](N2CCC(CO)CC2)C1. The van der Waals surface area contributed by atoms with E-state index in [0.717, 1.165) is 55.9 Å². The maximum absolute atomic E-state index is 13.0. The third kappa shape index (κ3) is 3.95. The van der Waals surface area contributed by atoms with E-state index < -0.39 is 0 Å². The Morgan fingerprint density at radius 1 is 1.21 bits per heavy atom. The van der Waals surface area contributed by atoms with Crippen molar-refractivity contribution in [3.05, 3.63) is 29.8 Å². The summed E-state index contributed by atoms with van der Waals surface area (Å²) in [6, 6.07) is 8.40. The van der Waals surface area contributed by atoms with Gasteiger partial charge in [0.15, 0.2) is 0 Å². The van der Waals surface area contributed by atoms with Gasteiger partial charge in [0.2, 0.25) is 0 Å². The number of aliphatic hydroxyl groups excluding tert-OH is 1. The first-order valence-electron chi connectivity index (χ1n) is 9.00. The Morgan fingerprint density at radius 3 is 2.67 bits per heavy atom. The Balaban J connectivity index is 1.64. The second-order valence-electron chi connectivity index (χ2n) is 6.91. The van der Waals surface area contributed by atoms with E-state index in [1.165, 1.54) is 6.42 Å². The van der Waals surface area contributed by atoms with Gasteiger partial charge in [0.25, 0.3) is 5.91 Å². The third-order valence-corrected chi connectivity index (χ3v) is 6.24. The van der Waals surface area contributed by atoms with E-state index in [-0.39, 0.29) is 5.91 Å². The van der Waals surface area contributed by atoms with Gasteiger partial charge in [-0.05, 0) is 63.1 Å². The van der Waals surface area contributed by atoms with Crippen LogP contribution in [0.3, 0.4) is 0 Å². The lowest BCUT2D eigenvalue weighted by molar-refractivity contribution is 0.0443. The van der Waals surface area contributed by atoms with E-state index in [4.69, 9.17) is 0 Å². The van der Waals surface area contributed by atoms with Crippen molar-refractivity contribution >= 4 is 17.7 Å². The van der Waals surface area contributed by atoms with Gasteiger partial charge in [0.05, 0.1) is 5.56 Å². The number of likely N-dealkylation sites (tertiary alicyclic amines) is 2. The Labute approximate surface area is 149 Å². The maximum Gasteiger partial charge on any atom is 0.255 e. The molecule has 0 saturated carbocycles. The molecule has 2 heterocycles. The number of amides is 1. The van der Waals surface area contributed by atoms with Gasteiger partial charge in [0.1, 0.15) is 0 Å². The fraction of sp³-hybridized carbons (Fsp3) is 0.632. The number of piperidine rings is 2. The van der Waals surface area contributed by atoms with Gasteiger partial charge < -0.3 is 10.0 Å². The molecule has 1 amide bonds. The van der Waals surface area contributed by atoms with Gasteiger partial charge in [-0.25, -0.2) is 0 Å². The fourth-order valence-corrected chi connectivity index (χ4v) is 4.52. The highest BCUT2D eigenvalue weighted by Gasteiger charge is 2.31. The topological polar surface area (TPSA) is 43.8 Å². The summed E-state index contributed by atoms with van der Waals surface area (Å²) in [5.74, 6) is 0.644. The monoisotopic (exact) mass is 348 g/mol. The number of nitrogens with zero attached hydrogens (tertiary/aromatic N) is 2. The second kappa shape index (κ2) is 8.37. The van der Waals surface area contributed by atoms with Crippen molar-refractivity contribution in [3.63, 3.8) is 0 Å². The van der Waals surface area contributed by atoms with Crippen molar-refractivity contribution in [1.29, 1.82) is 0 Å². The van der Waals surface area contributed by atoms with Crippen LogP contribution >= 0.6 is 11.8 Å². The highest BCUT2D eigenvalue weighted by molar-refractivity contribution is 7.98. The van der Waals surface area contributed by atoms with Crippen LogP contribution in [0.5, 0.6) is 0 Å². The van der Waals surface area contributed by atoms with Crippen molar-refractivity contribution in [2.45, 2.75) is 36.6 Å². The summed E-state index contributed by atoms with van der Waals surface area (Å²) in [6.07, 6.45) is 6.44. The minimum atomic E-state index is 0.176. The third-order valence-electron chi connectivity index (χ3n) is 5.44. The standard InChI is InChI=1S/C19H28N2O2S/c1-24-18-7-3-2-6-17(18)19(23)21-10-4-5-16(13-21)20-11-8-15(14-22)9-12-20/h2-3,6-7,15-16,22H,4-5,8-14H2,1H3/t16-/m0/s1. The van der Waals surface area contributed by atoms with Crippen molar-refractivity contribution in [2.75, 3.05) is 39.0 Å². The molecule has 4 nitrogen and oxygen atoms in total. The summed E-state index contributed by atoms with van der Waals surface area (Å²) in [5.41, 5.74) is 0.838. The highest BCUT2D eigenvalue weighted by atomic mass is 32.2. The molecule has 24 heavy (non-hydrogen) atoms. The van der Waals surface area contributed by atoms with E-state index in [9.17, 15) is 9.90 Å². The molecule has 1 aromatic rings. The number of carbonyl (C=O) groups excluding carboxylic acids is 1. The summed E-state index contributed by atoms with van der Waals surface area (Å²) < 4.78 is 0. The van der Waals surface area contributed by atoms with Gasteiger partial charge in [-0.3, -0.25) is 9.69 Å². The first kappa shape index (κ1) is 17.8. The molecule has 3 rings (SSSR count). The summed E-state index contributed by atoms with van der Waals surface area (Å²) in [6.45, 7) is 4.13. The predicted octanol–water partition coefficient (Wildman–Crippen LogP) is 2.72. The molecule has 1 aromatic carbocycles. The summed E-state index contributed by atoms with van der Waals surface area (Å²) in [7, 11) is 0. The smallest absolute Gasteiger partial charge is 0.255 e. The van der Waals surface area contributed by atoms with Crippen molar-refractivity contribution in [3.8, 4) is 0 Å². The number of aliphatic hydroxyl groups is 1. The van der Waals surface area contributed by atoms with E-state index in [2.05, 4.69) is 4.90 Å². The molecule has 2 saturated heterocycles. The minimum Gasteiger partial charge on any atom is -0.396 e. The molecule has 2 fully saturated rings. The van der Waals surface area contributed by atoms with Crippen molar-refractivity contribution < 1.29 is 9.90 Å². The molecule has 5 heteroatoms. The number of hydrogen-bond acceptors (Lipinski definition) is 4. The second-order valence-corrected chi connectivity index (χ2v) is 7.76. The van der Waals surface area contributed by atoms with Crippen molar-refractivity contribution in [1.82, 2.24) is 9.80 Å². The number of rotatable bonds is 4. The van der Waals surface area contributed by atoms with Gasteiger partial charge in [-0.15, -0.1) is 11.8 Å². The molecule has 1 atom stereocenters. The molecule has 0 bridgehead atoms. The zero-order chi connectivity index (χ0) is 16.9. The molecule has 1 N–H and O–H groups in total. The van der Waals surface area contributed by atoms with Gasteiger partial charge in [0, 0.05) is 30.6 Å². The zero-order valence-electron chi connectivity index (χ0n) is 14.5. The number of carbonyl (C=O) groups is 1. The average Bonchev–Trinajstić information content (AvgIpc) is 2.67. The average molecular weight is 349 g/mol. The molecule has 132 valence electrons. The first-order valence-corrected chi connectivity index (χ1v) is 10.2. The normalized spacial score (nSPS) is 23.4. The van der Waals surface area contributed by atoms with Crippen LogP contribution in [-0.4, -0.2) is 65.9 Å². The van der Waals surface area contributed by atoms with Gasteiger partial charge >= 0.3 is 0 Å². The maximum atomic E-state index is 13.0. The minimum absolute atomic E-state index is 0.176. The molecule has 0 spiro atoms. The quantitative estimate of drug-likeness (QED) is 0.850. The summed E-state index contributed by atoms with van der Waals surface area (Å²) in [4.78, 5) is 18.6. The first-order chi connectivity index (χ1) is 11.7. The molecular weight excluding hydrogens is 320 g/mol. The van der Waals surface area contributed by atoms with E-state index in [1.807, 2.05) is 35.4 Å². The van der Waals surface area contributed by atoms with Crippen LogP contribution in [0.4, 0.5) is 0 Å². The van der Waals surface area contributed by atoms with Crippen LogP contribution in [-0.2, 0) is 0 Å². The molecule has 0 unspecified atom stereocenters. The summed E-state index contributed by atoms with van der Waals surface area (Å²) >= 11 is 1.64. The van der Waals surface area contributed by atoms with Gasteiger partial charge in [-0.1, -0.05) is 12.1 Å². The number of hydrogen-bond donors (Lipinski definition) is 1. The van der Waals surface area contributed by atoms with Crippen LogP contribution < -0.4 is 0 Å². The van der Waals surface area contributed by atoms with Crippen LogP contribution in [0.1, 0.15) is 36.0 Å². The van der Waals surface area contributed by atoms with E-state index >= 15 is 0 Å². The number of benzene rings is 1. The molecule has 0 aromatic heterocycles. The van der Waals surface area contributed by atoms with Crippen LogP contribution in [0, 0.1) is 5.92 Å². The Bertz CT molecular complexity index is 558. The fourth-order valence-electron chi connectivity index (χ4n) is 3.93. The van der Waals surface area contributed by atoms with Crippen LogP contribution in [0.2, 0.25) is 0 Å². The van der Waals surface area contributed by atoms with Crippen LogP contribution in [0.15, 0.2) is 29.2 Å². The van der Waals surface area contributed by atoms with Gasteiger partial charge in [-0.2, -0.15) is 0 Å². The lowest BCUT2D eigenvalue weighted by Crippen LogP contribution is -2.52. The largest absolute Gasteiger partial charge is 0.396 e. The lowest BCUT2D eigenvalue weighted by Gasteiger charge is -2.42. The Morgan fingerprint density at radius 2 is 1.96 bits per heavy atom. The Hall–Kier alpha value is -1.04. The summed E-state index contributed by atoms with van der Waals surface area (Å²) in [5, 5.41) is 9.30. The molecule has 0 radical (unpaired) electrons. The zero-order valence-corrected chi connectivity index (χ0v) is 15.3. The Kier molecular flexibility index (Phi) is 6.19. The molecule has 2 aliphatic rings. The van der Waals surface area contributed by atoms with E-state index in [1.54, 1.807) is 11.8 Å². The molecule has 0 aliphatic carbocycles. The molecular formula is C19H28N2O2S. The van der Waals surface area contributed by atoms with E-state index in [0.29, 0.717) is 18.6 Å². The number of thioether (sulfide) groups is 1.